The van der Waals surface area contributed by atoms with Crippen LogP contribution in [0.1, 0.15) is 22.3 Å². The van der Waals surface area contributed by atoms with Gasteiger partial charge in [-0.1, -0.05) is 70.5 Å². The van der Waals surface area contributed by atoms with Crippen LogP contribution in [0.3, 0.4) is 0 Å². The molecule has 0 saturated carbocycles. The SMILES string of the molecule is O=C(C=Cc1cccc(O)c1)C1=C(c2ccccc2)c2cc(Br)ccc2CC1=O. The van der Waals surface area contributed by atoms with Gasteiger partial charge < -0.3 is 5.11 Å². The molecule has 0 amide bonds. The van der Waals surface area contributed by atoms with Crippen molar-refractivity contribution in [3.05, 3.63) is 111 Å². The number of halogens is 1. The van der Waals surface area contributed by atoms with Crippen molar-refractivity contribution >= 4 is 39.1 Å². The second kappa shape index (κ2) is 8.02. The van der Waals surface area contributed by atoms with E-state index in [0.717, 1.165) is 21.2 Å². The molecule has 1 aliphatic rings. The number of carbonyl (C=O) groups is 2. The van der Waals surface area contributed by atoms with Crippen LogP contribution < -0.4 is 0 Å². The minimum absolute atomic E-state index is 0.122. The molecule has 0 heterocycles. The van der Waals surface area contributed by atoms with Crippen LogP contribution >= 0.6 is 15.9 Å². The van der Waals surface area contributed by atoms with Crippen LogP contribution in [0.4, 0.5) is 0 Å². The highest BCUT2D eigenvalue weighted by Gasteiger charge is 2.29. The van der Waals surface area contributed by atoms with Crippen molar-refractivity contribution < 1.29 is 14.7 Å². The van der Waals surface area contributed by atoms with E-state index in [4.69, 9.17) is 0 Å². The first-order valence-electron chi connectivity index (χ1n) is 9.16. The third-order valence-corrected chi connectivity index (χ3v) is 5.32. The van der Waals surface area contributed by atoms with Crippen molar-refractivity contribution in [1.29, 1.82) is 0 Å². The summed E-state index contributed by atoms with van der Waals surface area (Å²) in [6, 6.07) is 21.9. The average Bonchev–Trinajstić information content (AvgIpc) is 2.72. The number of carbonyl (C=O) groups excluding carboxylic acids is 2. The van der Waals surface area contributed by atoms with Crippen LogP contribution in [-0.2, 0) is 16.0 Å². The van der Waals surface area contributed by atoms with Gasteiger partial charge in [0.15, 0.2) is 11.6 Å². The topological polar surface area (TPSA) is 54.4 Å². The quantitative estimate of drug-likeness (QED) is 0.434. The summed E-state index contributed by atoms with van der Waals surface area (Å²) >= 11 is 3.50. The van der Waals surface area contributed by atoms with E-state index in [-0.39, 0.29) is 29.3 Å². The average molecular weight is 445 g/mol. The standard InChI is InChI=1S/C25H17BrO3/c26-19-11-10-18-14-23(29)25(22(28)12-9-16-5-4-8-20(27)13-16)24(21(18)15-19)17-6-2-1-3-7-17/h1-13,15,27H,14H2. The number of phenolic OH excluding ortho intramolecular Hbond substituents is 1. The zero-order chi connectivity index (χ0) is 20.4. The summed E-state index contributed by atoms with van der Waals surface area (Å²) in [6.07, 6.45) is 3.20. The Morgan fingerprint density at radius 3 is 2.52 bits per heavy atom. The Hall–Kier alpha value is -3.24. The van der Waals surface area contributed by atoms with Crippen molar-refractivity contribution in [1.82, 2.24) is 0 Å². The van der Waals surface area contributed by atoms with Gasteiger partial charge in [-0.05, 0) is 52.6 Å². The van der Waals surface area contributed by atoms with Crippen molar-refractivity contribution in [2.45, 2.75) is 6.42 Å². The van der Waals surface area contributed by atoms with Gasteiger partial charge in [-0.2, -0.15) is 0 Å². The summed E-state index contributed by atoms with van der Waals surface area (Å²) in [5.41, 5.74) is 4.16. The van der Waals surface area contributed by atoms with E-state index in [2.05, 4.69) is 15.9 Å². The van der Waals surface area contributed by atoms with E-state index in [0.29, 0.717) is 11.1 Å². The summed E-state index contributed by atoms with van der Waals surface area (Å²) in [6.45, 7) is 0. The number of hydrogen-bond donors (Lipinski definition) is 1. The lowest BCUT2D eigenvalue weighted by Gasteiger charge is -2.22. The van der Waals surface area contributed by atoms with E-state index >= 15 is 0 Å². The highest BCUT2D eigenvalue weighted by atomic mass is 79.9. The second-order valence-corrected chi connectivity index (χ2v) is 7.73. The molecular formula is C25H17BrO3. The molecule has 0 spiro atoms. The van der Waals surface area contributed by atoms with Gasteiger partial charge in [-0.3, -0.25) is 9.59 Å². The van der Waals surface area contributed by atoms with Crippen molar-refractivity contribution in [2.24, 2.45) is 0 Å². The molecule has 3 aromatic carbocycles. The third-order valence-electron chi connectivity index (χ3n) is 4.83. The Morgan fingerprint density at radius 2 is 1.76 bits per heavy atom. The van der Waals surface area contributed by atoms with Crippen molar-refractivity contribution in [3.63, 3.8) is 0 Å². The summed E-state index contributed by atoms with van der Waals surface area (Å²) in [5.74, 6) is -0.414. The number of benzene rings is 3. The van der Waals surface area contributed by atoms with Gasteiger partial charge in [-0.15, -0.1) is 0 Å². The fraction of sp³-hybridized carbons (Fsp3) is 0.0400. The summed E-state index contributed by atoms with van der Waals surface area (Å²) in [7, 11) is 0. The zero-order valence-corrected chi connectivity index (χ0v) is 17.0. The van der Waals surface area contributed by atoms with Crippen molar-refractivity contribution in [3.8, 4) is 5.75 Å². The predicted molar refractivity (Wildman–Crippen MR) is 117 cm³/mol. The molecule has 29 heavy (non-hydrogen) atoms. The molecule has 4 heteroatoms. The number of ketones is 2. The molecule has 0 aromatic heterocycles. The number of hydrogen-bond acceptors (Lipinski definition) is 3. The minimum Gasteiger partial charge on any atom is -0.508 e. The molecule has 142 valence electrons. The van der Waals surface area contributed by atoms with Gasteiger partial charge >= 0.3 is 0 Å². The number of rotatable bonds is 4. The van der Waals surface area contributed by atoms with Crippen LogP contribution in [0.2, 0.25) is 0 Å². The van der Waals surface area contributed by atoms with E-state index in [1.807, 2.05) is 48.5 Å². The molecular weight excluding hydrogens is 428 g/mol. The van der Waals surface area contributed by atoms with Crippen LogP contribution in [0.25, 0.3) is 11.6 Å². The van der Waals surface area contributed by atoms with Crippen LogP contribution in [0, 0.1) is 0 Å². The summed E-state index contributed by atoms with van der Waals surface area (Å²) in [5, 5.41) is 9.61. The number of phenols is 1. The van der Waals surface area contributed by atoms with Crippen molar-refractivity contribution in [2.75, 3.05) is 0 Å². The first kappa shape index (κ1) is 19.1. The lowest BCUT2D eigenvalue weighted by atomic mass is 9.80. The highest BCUT2D eigenvalue weighted by molar-refractivity contribution is 9.10. The van der Waals surface area contributed by atoms with E-state index < -0.39 is 0 Å². The first-order valence-corrected chi connectivity index (χ1v) is 9.95. The molecule has 1 aliphatic carbocycles. The maximum atomic E-state index is 13.1. The highest BCUT2D eigenvalue weighted by Crippen LogP contribution is 2.36. The summed E-state index contributed by atoms with van der Waals surface area (Å²) < 4.78 is 0.890. The number of Topliss-reactive ketones (excluding diaryl/α,β-unsaturated/α-hetero) is 1. The lowest BCUT2D eigenvalue weighted by molar-refractivity contribution is -0.119. The Bertz CT molecular complexity index is 1170. The van der Waals surface area contributed by atoms with Crippen LogP contribution in [0.5, 0.6) is 5.75 Å². The molecule has 0 radical (unpaired) electrons. The van der Waals surface area contributed by atoms with E-state index in [9.17, 15) is 14.7 Å². The van der Waals surface area contributed by atoms with Crippen LogP contribution in [-0.4, -0.2) is 16.7 Å². The van der Waals surface area contributed by atoms with E-state index in [1.54, 1.807) is 30.3 Å². The monoisotopic (exact) mass is 444 g/mol. The molecule has 1 N–H and O–H groups in total. The Kier molecular flexibility index (Phi) is 5.28. The Morgan fingerprint density at radius 1 is 0.966 bits per heavy atom. The maximum absolute atomic E-state index is 13.1. The first-order chi connectivity index (χ1) is 14.0. The minimum atomic E-state index is -0.345. The lowest BCUT2D eigenvalue weighted by Crippen LogP contribution is -2.21. The molecule has 0 bridgehead atoms. The van der Waals surface area contributed by atoms with Gasteiger partial charge in [0.2, 0.25) is 0 Å². The van der Waals surface area contributed by atoms with Crippen LogP contribution in [0.15, 0.2) is 88.9 Å². The largest absolute Gasteiger partial charge is 0.508 e. The molecule has 0 saturated heterocycles. The molecule has 4 rings (SSSR count). The van der Waals surface area contributed by atoms with Gasteiger partial charge in [0.1, 0.15) is 5.75 Å². The number of aromatic hydroxyl groups is 1. The molecule has 0 aliphatic heterocycles. The zero-order valence-electron chi connectivity index (χ0n) is 15.4. The molecule has 3 nitrogen and oxygen atoms in total. The molecule has 0 atom stereocenters. The van der Waals surface area contributed by atoms with Gasteiger partial charge in [0, 0.05) is 16.5 Å². The second-order valence-electron chi connectivity index (χ2n) is 6.81. The Balaban J connectivity index is 1.86. The fourth-order valence-electron chi connectivity index (χ4n) is 3.52. The van der Waals surface area contributed by atoms with Gasteiger partial charge in [0.05, 0.1) is 5.57 Å². The predicted octanol–water partition coefficient (Wildman–Crippen LogP) is 5.36. The fourth-order valence-corrected chi connectivity index (χ4v) is 3.88. The van der Waals surface area contributed by atoms with Gasteiger partial charge in [-0.25, -0.2) is 0 Å². The number of fused-ring (bicyclic) bond motifs is 1. The van der Waals surface area contributed by atoms with E-state index in [1.165, 1.54) is 6.08 Å². The normalized spacial score (nSPS) is 13.6. The smallest absolute Gasteiger partial charge is 0.190 e. The number of allylic oxidation sites excluding steroid dienone is 2. The Labute approximate surface area is 177 Å². The maximum Gasteiger partial charge on any atom is 0.190 e. The summed E-state index contributed by atoms with van der Waals surface area (Å²) in [4.78, 5) is 26.1. The molecule has 0 unspecified atom stereocenters. The third kappa shape index (κ3) is 3.98. The molecule has 3 aromatic rings. The van der Waals surface area contributed by atoms with Gasteiger partial charge in [0.25, 0.3) is 0 Å². The molecule has 0 fully saturated rings.